The minimum Gasteiger partial charge on any atom is -1.00 e. The zero-order valence-electron chi connectivity index (χ0n) is 14.4. The molecule has 25 heavy (non-hydrogen) atoms. The van der Waals surface area contributed by atoms with Crippen LogP contribution in [0.5, 0.6) is 0 Å². The van der Waals surface area contributed by atoms with Gasteiger partial charge in [-0.05, 0) is 25.9 Å². The molecule has 18 heteroatoms. The maximum Gasteiger partial charge on any atom is 1.00 e. The Bertz CT molecular complexity index is 243. The van der Waals surface area contributed by atoms with Crippen LogP contribution in [-0.4, -0.2) is 60.0 Å². The van der Waals surface area contributed by atoms with Crippen molar-refractivity contribution in [1.82, 2.24) is 4.90 Å². The van der Waals surface area contributed by atoms with E-state index >= 15 is 0 Å². The zero-order chi connectivity index (χ0) is 20.0. The predicted molar refractivity (Wildman–Crippen MR) is 69.2 cm³/mol. The van der Waals surface area contributed by atoms with Crippen LogP contribution in [0.4, 0.5) is 51.8 Å². The second kappa shape index (κ2) is 17.0. The standard InChI is InChI=1S/C7H15NO.3BF4.K.H/c1-9-7-6-8-4-2-3-5-8;3*2-1(3,4)5;;/h2-7H2,1H3;;;;;/q;3*-1;+1;-1. The van der Waals surface area contributed by atoms with Gasteiger partial charge >= 0.3 is 73.1 Å². The number of methoxy groups -OCH3 is 1. The van der Waals surface area contributed by atoms with E-state index in [2.05, 4.69) is 4.90 Å². The summed E-state index contributed by atoms with van der Waals surface area (Å²) in [6.07, 6.45) is 2.76. The summed E-state index contributed by atoms with van der Waals surface area (Å²) >= 11 is 0. The molecule has 0 radical (unpaired) electrons. The third-order valence-electron chi connectivity index (χ3n) is 1.81. The van der Waals surface area contributed by atoms with E-state index in [1.807, 2.05) is 0 Å². The van der Waals surface area contributed by atoms with Gasteiger partial charge in [-0.1, -0.05) is 0 Å². The molecule has 0 spiro atoms. The van der Waals surface area contributed by atoms with Gasteiger partial charge in [0.15, 0.2) is 0 Å². The summed E-state index contributed by atoms with van der Waals surface area (Å²) in [5.41, 5.74) is 0. The summed E-state index contributed by atoms with van der Waals surface area (Å²) in [5, 5.41) is 0. The molecule has 0 aromatic rings. The number of nitrogens with zero attached hydrogens (tertiary/aromatic N) is 1. The fourth-order valence-electron chi connectivity index (χ4n) is 1.23. The van der Waals surface area contributed by atoms with E-state index in [0.717, 1.165) is 13.2 Å². The van der Waals surface area contributed by atoms with Crippen molar-refractivity contribution in [3.63, 3.8) is 0 Å². The van der Waals surface area contributed by atoms with Crippen molar-refractivity contribution in [2.75, 3.05) is 33.4 Å². The molecule has 0 unspecified atom stereocenters. The molecule has 0 N–H and O–H groups in total. The van der Waals surface area contributed by atoms with Crippen LogP contribution >= 0.6 is 0 Å². The number of hydrogen-bond donors (Lipinski definition) is 0. The van der Waals surface area contributed by atoms with E-state index in [1.54, 1.807) is 7.11 Å². The summed E-state index contributed by atoms with van der Waals surface area (Å²) in [5.74, 6) is 0. The van der Waals surface area contributed by atoms with Crippen molar-refractivity contribution < 1.29 is 109 Å². The van der Waals surface area contributed by atoms with Gasteiger partial charge in [-0.25, -0.2) is 0 Å². The first-order valence-electron chi connectivity index (χ1n) is 6.26. The monoisotopic (exact) mass is 430 g/mol. The molecule has 0 aliphatic carbocycles. The predicted octanol–water partition coefficient (Wildman–Crippen LogP) is 1.75. The van der Waals surface area contributed by atoms with Gasteiger partial charge in [-0.2, -0.15) is 0 Å². The second-order valence-electron chi connectivity index (χ2n) is 4.03. The average molecular weight is 430 g/mol. The van der Waals surface area contributed by atoms with E-state index in [0.29, 0.717) is 0 Å². The Morgan fingerprint density at radius 2 is 0.960 bits per heavy atom. The van der Waals surface area contributed by atoms with Crippen LogP contribution in [0.3, 0.4) is 0 Å². The Kier molecular flexibility index (Phi) is 22.8. The summed E-state index contributed by atoms with van der Waals surface area (Å²) in [4.78, 5) is 2.45. The van der Waals surface area contributed by atoms with Crippen LogP contribution in [0.2, 0.25) is 0 Å². The third-order valence-corrected chi connectivity index (χ3v) is 1.81. The summed E-state index contributed by atoms with van der Waals surface area (Å²) in [6, 6.07) is 0. The van der Waals surface area contributed by atoms with Crippen molar-refractivity contribution in [1.29, 1.82) is 0 Å². The third kappa shape index (κ3) is 92.2. The van der Waals surface area contributed by atoms with Crippen LogP contribution < -0.4 is 51.4 Å². The van der Waals surface area contributed by atoms with Gasteiger partial charge in [0.2, 0.25) is 0 Å². The van der Waals surface area contributed by atoms with Crippen molar-refractivity contribution in [3.8, 4) is 0 Å². The van der Waals surface area contributed by atoms with Gasteiger partial charge < -0.3 is 62.9 Å². The fourth-order valence-corrected chi connectivity index (χ4v) is 1.23. The van der Waals surface area contributed by atoms with Gasteiger partial charge in [0, 0.05) is 13.7 Å². The topological polar surface area (TPSA) is 12.5 Å². The molecule has 0 aromatic heterocycles. The molecule has 1 saturated heterocycles. The van der Waals surface area contributed by atoms with Crippen LogP contribution in [-0.2, 0) is 4.74 Å². The second-order valence-corrected chi connectivity index (χ2v) is 4.03. The Labute approximate surface area is 181 Å². The van der Waals surface area contributed by atoms with Gasteiger partial charge in [0.25, 0.3) is 0 Å². The number of likely N-dealkylation sites (tertiary alicyclic amines) is 1. The van der Waals surface area contributed by atoms with Crippen LogP contribution in [0.25, 0.3) is 0 Å². The molecule has 0 amide bonds. The van der Waals surface area contributed by atoms with Gasteiger partial charge in [0.05, 0.1) is 6.61 Å². The van der Waals surface area contributed by atoms with E-state index in [1.165, 1.54) is 25.9 Å². The van der Waals surface area contributed by atoms with Gasteiger partial charge in [-0.15, -0.1) is 0 Å². The molecule has 0 bridgehead atoms. The smallest absolute Gasteiger partial charge is 1.00 e. The number of rotatable bonds is 3. The maximum atomic E-state index is 9.75. The minimum atomic E-state index is -6.00. The van der Waals surface area contributed by atoms with E-state index in [4.69, 9.17) is 4.74 Å². The van der Waals surface area contributed by atoms with Crippen LogP contribution in [0.15, 0.2) is 0 Å². The number of halogens is 12. The van der Waals surface area contributed by atoms with Gasteiger partial charge in [0.1, 0.15) is 0 Å². The van der Waals surface area contributed by atoms with Crippen molar-refractivity contribution in [3.05, 3.63) is 0 Å². The molecule has 1 heterocycles. The largest absolute Gasteiger partial charge is 1.00 e. The molecule has 1 aliphatic rings. The maximum absolute atomic E-state index is 9.75. The quantitative estimate of drug-likeness (QED) is 0.501. The SMILES string of the molecule is COCCN1CCCC1.F[B-](F)(F)F.F[B-](F)(F)F.F[B-](F)(F)F.[H-].[K+]. The first kappa shape index (κ1) is 33.5. The Balaban J connectivity index is -0.0000000771. The Hall–Kier alpha value is 0.911. The molecule has 1 rings (SSSR count). The van der Waals surface area contributed by atoms with E-state index in [9.17, 15) is 51.8 Å². The first-order valence-corrected chi connectivity index (χ1v) is 6.26. The molecule has 1 aliphatic heterocycles. The fraction of sp³-hybridized carbons (Fsp3) is 1.00. The van der Waals surface area contributed by atoms with Crippen molar-refractivity contribution >= 4 is 21.8 Å². The normalized spacial score (nSPS) is 14.8. The molecular weight excluding hydrogens is 414 g/mol. The van der Waals surface area contributed by atoms with E-state index in [-0.39, 0.29) is 52.8 Å². The zero-order valence-corrected chi connectivity index (χ0v) is 16.5. The minimum absolute atomic E-state index is 0. The summed E-state index contributed by atoms with van der Waals surface area (Å²) in [6.45, 7) is 4.57. The number of hydrogen-bond acceptors (Lipinski definition) is 2. The Morgan fingerprint density at radius 1 is 0.720 bits per heavy atom. The van der Waals surface area contributed by atoms with Crippen LogP contribution in [0.1, 0.15) is 14.3 Å². The Morgan fingerprint density at radius 3 is 1.16 bits per heavy atom. The average Bonchev–Trinajstić information content (AvgIpc) is 2.71. The summed E-state index contributed by atoms with van der Waals surface area (Å²) in [7, 11) is -16.2. The molecule has 0 aromatic carbocycles. The summed E-state index contributed by atoms with van der Waals surface area (Å²) < 4.78 is 122. The van der Waals surface area contributed by atoms with Gasteiger partial charge in [-0.3, -0.25) is 0 Å². The van der Waals surface area contributed by atoms with Crippen molar-refractivity contribution in [2.24, 2.45) is 0 Å². The first-order chi connectivity index (χ1) is 10.4. The molecule has 2 nitrogen and oxygen atoms in total. The van der Waals surface area contributed by atoms with Crippen LogP contribution in [0, 0.1) is 0 Å². The molecule has 0 saturated carbocycles. The van der Waals surface area contributed by atoms with E-state index < -0.39 is 21.8 Å². The van der Waals surface area contributed by atoms with Crippen molar-refractivity contribution in [2.45, 2.75) is 12.8 Å². The molecule has 1 fully saturated rings. The molecular formula is C7H16B3F12KNO-3. The molecule has 0 atom stereocenters. The number of ether oxygens (including phenoxy) is 1. The molecule has 152 valence electrons.